The molecule has 0 bridgehead atoms. The van der Waals surface area contributed by atoms with Gasteiger partial charge in [0.15, 0.2) is 5.13 Å². The Morgan fingerprint density at radius 2 is 2.05 bits per heavy atom. The third-order valence-electron chi connectivity index (χ3n) is 3.00. The van der Waals surface area contributed by atoms with Crippen molar-refractivity contribution in [3.8, 4) is 11.3 Å². The van der Waals surface area contributed by atoms with E-state index in [9.17, 15) is 4.79 Å². The van der Waals surface area contributed by atoms with Crippen molar-refractivity contribution in [2.24, 2.45) is 5.92 Å². The zero-order valence-corrected chi connectivity index (χ0v) is 13.2. The number of nitrogens with zero attached hydrogens (tertiary/aromatic N) is 1. The minimum Gasteiger partial charge on any atom is -0.361 e. The molecule has 0 spiro atoms. The van der Waals surface area contributed by atoms with Crippen molar-refractivity contribution in [2.75, 3.05) is 11.9 Å². The maximum atomic E-state index is 12.1. The van der Waals surface area contributed by atoms with Gasteiger partial charge < -0.3 is 10.3 Å². The number of hydrogen-bond donors (Lipinski definition) is 2. The smallest absolute Gasteiger partial charge is 0.257 e. The van der Waals surface area contributed by atoms with Crippen LogP contribution in [0.15, 0.2) is 22.3 Å². The third-order valence-corrected chi connectivity index (χ3v) is 3.80. The van der Waals surface area contributed by atoms with Crippen LogP contribution in [0.3, 0.4) is 0 Å². The van der Waals surface area contributed by atoms with Crippen molar-refractivity contribution in [3.05, 3.63) is 33.6 Å². The molecule has 2 aromatic heterocycles. The van der Waals surface area contributed by atoms with E-state index in [4.69, 9.17) is 0 Å². The molecule has 0 aliphatic heterocycles. The van der Waals surface area contributed by atoms with Crippen LogP contribution in [0.2, 0.25) is 0 Å². The number of aromatic amines is 1. The molecule has 2 N–H and O–H groups in total. The van der Waals surface area contributed by atoms with Gasteiger partial charge in [-0.15, -0.1) is 11.3 Å². The topological polar surface area (TPSA) is 57.8 Å². The minimum atomic E-state index is -0.0723. The van der Waals surface area contributed by atoms with Crippen molar-refractivity contribution in [1.29, 1.82) is 0 Å². The van der Waals surface area contributed by atoms with E-state index in [1.54, 1.807) is 0 Å². The highest BCUT2D eigenvalue weighted by atomic mass is 32.1. The van der Waals surface area contributed by atoms with Gasteiger partial charge in [-0.2, -0.15) is 0 Å². The third kappa shape index (κ3) is 3.48. The number of H-pyrrole nitrogens is 1. The van der Waals surface area contributed by atoms with Gasteiger partial charge >= 0.3 is 0 Å². The fraction of sp³-hybridized carbons (Fsp3) is 0.467. The standard InChI is InChI=1S/C15H21N3OS/c1-9(2)7-16-15-18-13(8-20-15)11-5-6-12(10(3)4)17-14(11)19/h5-6,8-10H,7H2,1-4H3,(H,16,18)(H,17,19). The van der Waals surface area contributed by atoms with Gasteiger partial charge in [-0.05, 0) is 24.0 Å². The maximum absolute atomic E-state index is 12.1. The van der Waals surface area contributed by atoms with Crippen molar-refractivity contribution in [3.63, 3.8) is 0 Å². The molecule has 108 valence electrons. The Hall–Kier alpha value is -1.62. The second-order valence-corrected chi connectivity index (χ2v) is 6.48. The van der Waals surface area contributed by atoms with Crippen LogP contribution >= 0.6 is 11.3 Å². The first-order valence-corrected chi connectivity index (χ1v) is 7.78. The molecule has 4 nitrogen and oxygen atoms in total. The molecule has 2 heterocycles. The van der Waals surface area contributed by atoms with E-state index in [0.717, 1.165) is 23.1 Å². The summed E-state index contributed by atoms with van der Waals surface area (Å²) in [7, 11) is 0. The Labute approximate surface area is 123 Å². The lowest BCUT2D eigenvalue weighted by Gasteiger charge is -2.06. The average Bonchev–Trinajstić information content (AvgIpc) is 2.84. The summed E-state index contributed by atoms with van der Waals surface area (Å²) in [5.74, 6) is 0.881. The van der Waals surface area contributed by atoms with Crippen molar-refractivity contribution >= 4 is 16.5 Å². The van der Waals surface area contributed by atoms with E-state index in [-0.39, 0.29) is 5.56 Å². The minimum absolute atomic E-state index is 0.0723. The molecule has 20 heavy (non-hydrogen) atoms. The quantitative estimate of drug-likeness (QED) is 0.883. The van der Waals surface area contributed by atoms with Gasteiger partial charge in [0.2, 0.25) is 0 Å². The second kappa shape index (κ2) is 6.22. The number of aromatic nitrogens is 2. The summed E-state index contributed by atoms with van der Waals surface area (Å²) in [6.45, 7) is 9.30. The number of anilines is 1. The highest BCUT2D eigenvalue weighted by Crippen LogP contribution is 2.23. The van der Waals surface area contributed by atoms with Crippen LogP contribution in [0, 0.1) is 5.92 Å². The average molecular weight is 291 g/mol. The zero-order chi connectivity index (χ0) is 14.7. The SMILES string of the molecule is CC(C)CNc1nc(-c2ccc(C(C)C)[nH]c2=O)cs1. The number of rotatable bonds is 5. The van der Waals surface area contributed by atoms with Crippen LogP contribution in [0.5, 0.6) is 0 Å². The number of thiazole rings is 1. The molecule has 0 radical (unpaired) electrons. The summed E-state index contributed by atoms with van der Waals surface area (Å²) >= 11 is 1.53. The predicted molar refractivity (Wildman–Crippen MR) is 85.6 cm³/mol. The fourth-order valence-electron chi connectivity index (χ4n) is 1.80. The molecule has 5 heteroatoms. The molecule has 2 rings (SSSR count). The first kappa shape index (κ1) is 14.8. The van der Waals surface area contributed by atoms with Crippen LogP contribution < -0.4 is 10.9 Å². The summed E-state index contributed by atoms with van der Waals surface area (Å²) in [4.78, 5) is 19.5. The van der Waals surface area contributed by atoms with Gasteiger partial charge in [0.1, 0.15) is 0 Å². The van der Waals surface area contributed by atoms with Gasteiger partial charge in [0.25, 0.3) is 5.56 Å². The van der Waals surface area contributed by atoms with Crippen molar-refractivity contribution < 1.29 is 0 Å². The monoisotopic (exact) mass is 291 g/mol. The summed E-state index contributed by atoms with van der Waals surface area (Å²) in [6.07, 6.45) is 0. The Morgan fingerprint density at radius 1 is 1.30 bits per heavy atom. The van der Waals surface area contributed by atoms with Gasteiger partial charge in [0.05, 0.1) is 11.3 Å². The molecule has 0 atom stereocenters. The lowest BCUT2D eigenvalue weighted by molar-refractivity contribution is 0.688. The van der Waals surface area contributed by atoms with E-state index in [1.807, 2.05) is 17.5 Å². The Bertz CT molecular complexity index is 628. The largest absolute Gasteiger partial charge is 0.361 e. The highest BCUT2D eigenvalue weighted by molar-refractivity contribution is 7.14. The number of hydrogen-bond acceptors (Lipinski definition) is 4. The van der Waals surface area contributed by atoms with Crippen LogP contribution in [-0.2, 0) is 0 Å². The molecule has 0 aliphatic rings. The molecule has 0 saturated heterocycles. The molecule has 2 aromatic rings. The van der Waals surface area contributed by atoms with E-state index in [2.05, 4.69) is 43.0 Å². The zero-order valence-electron chi connectivity index (χ0n) is 12.4. The summed E-state index contributed by atoms with van der Waals surface area (Å²) in [6, 6.07) is 3.82. The molecule has 0 saturated carbocycles. The van der Waals surface area contributed by atoms with Gasteiger partial charge in [-0.3, -0.25) is 4.79 Å². The van der Waals surface area contributed by atoms with E-state index in [0.29, 0.717) is 17.4 Å². The van der Waals surface area contributed by atoms with Crippen LogP contribution in [0.25, 0.3) is 11.3 Å². The first-order valence-electron chi connectivity index (χ1n) is 6.90. The first-order chi connectivity index (χ1) is 9.47. The van der Waals surface area contributed by atoms with Gasteiger partial charge in [0, 0.05) is 17.6 Å². The molecule has 0 amide bonds. The Morgan fingerprint density at radius 3 is 2.65 bits per heavy atom. The van der Waals surface area contributed by atoms with Gasteiger partial charge in [-0.25, -0.2) is 4.98 Å². The fourth-order valence-corrected chi connectivity index (χ4v) is 2.52. The lowest BCUT2D eigenvalue weighted by Crippen LogP contribution is -2.12. The van der Waals surface area contributed by atoms with Crippen molar-refractivity contribution in [2.45, 2.75) is 33.6 Å². The number of pyridine rings is 1. The Kier molecular flexibility index (Phi) is 4.60. The van der Waals surface area contributed by atoms with Crippen LogP contribution in [0.1, 0.15) is 39.3 Å². The van der Waals surface area contributed by atoms with Gasteiger partial charge in [-0.1, -0.05) is 27.7 Å². The van der Waals surface area contributed by atoms with Crippen LogP contribution in [0.4, 0.5) is 5.13 Å². The summed E-state index contributed by atoms with van der Waals surface area (Å²) in [5.41, 5.74) is 2.24. The maximum Gasteiger partial charge on any atom is 0.257 e. The molecule has 0 aliphatic carbocycles. The van der Waals surface area contributed by atoms with Crippen molar-refractivity contribution in [1.82, 2.24) is 9.97 Å². The van der Waals surface area contributed by atoms with Crippen LogP contribution in [-0.4, -0.2) is 16.5 Å². The number of nitrogens with one attached hydrogen (secondary N) is 2. The molecule has 0 fully saturated rings. The Balaban J connectivity index is 2.22. The second-order valence-electron chi connectivity index (χ2n) is 5.62. The summed E-state index contributed by atoms with van der Waals surface area (Å²) in [5, 5.41) is 6.06. The van der Waals surface area contributed by atoms with E-state index >= 15 is 0 Å². The molecular formula is C15H21N3OS. The highest BCUT2D eigenvalue weighted by Gasteiger charge is 2.10. The van der Waals surface area contributed by atoms with E-state index in [1.165, 1.54) is 11.3 Å². The van der Waals surface area contributed by atoms with E-state index < -0.39 is 0 Å². The summed E-state index contributed by atoms with van der Waals surface area (Å²) < 4.78 is 0. The lowest BCUT2D eigenvalue weighted by atomic mass is 10.1. The normalized spacial score (nSPS) is 11.3. The predicted octanol–water partition coefficient (Wildman–Crippen LogP) is 3.69. The molecular weight excluding hydrogens is 270 g/mol. The molecule has 0 aromatic carbocycles. The molecule has 0 unspecified atom stereocenters.